The van der Waals surface area contributed by atoms with Crippen molar-refractivity contribution >= 4 is 5.69 Å². The first kappa shape index (κ1) is 15.4. The zero-order valence-electron chi connectivity index (χ0n) is 13.4. The van der Waals surface area contributed by atoms with E-state index in [1.54, 1.807) is 0 Å². The first-order chi connectivity index (χ1) is 9.53. The van der Waals surface area contributed by atoms with Gasteiger partial charge in [-0.05, 0) is 37.1 Å². The lowest BCUT2D eigenvalue weighted by molar-refractivity contribution is 0.136. The van der Waals surface area contributed by atoms with Crippen molar-refractivity contribution < 1.29 is 0 Å². The van der Waals surface area contributed by atoms with Crippen molar-refractivity contribution in [3.63, 3.8) is 0 Å². The maximum Gasteiger partial charge on any atom is 0.0314 e. The largest absolute Gasteiger partial charge is 0.399 e. The number of nitrogens with two attached hydrogens (primary N) is 1. The fourth-order valence-electron chi connectivity index (χ4n) is 3.48. The van der Waals surface area contributed by atoms with Crippen LogP contribution in [0.5, 0.6) is 0 Å². The van der Waals surface area contributed by atoms with Crippen LogP contribution in [0.1, 0.15) is 58.4 Å². The Labute approximate surface area is 124 Å². The van der Waals surface area contributed by atoms with Gasteiger partial charge < -0.3 is 5.73 Å². The van der Waals surface area contributed by atoms with E-state index >= 15 is 0 Å². The third kappa shape index (κ3) is 3.76. The molecular formula is C18H30N2. The molecule has 2 nitrogen and oxygen atoms in total. The van der Waals surface area contributed by atoms with Gasteiger partial charge in [-0.25, -0.2) is 0 Å². The minimum Gasteiger partial charge on any atom is -0.399 e. The van der Waals surface area contributed by atoms with Gasteiger partial charge in [0.2, 0.25) is 0 Å². The van der Waals surface area contributed by atoms with Crippen LogP contribution in [0.3, 0.4) is 0 Å². The van der Waals surface area contributed by atoms with E-state index in [1.165, 1.54) is 37.7 Å². The molecule has 2 N–H and O–H groups in total. The van der Waals surface area contributed by atoms with E-state index in [0.717, 1.165) is 24.8 Å². The zero-order valence-corrected chi connectivity index (χ0v) is 13.4. The summed E-state index contributed by atoms with van der Waals surface area (Å²) in [5.41, 5.74) is 8.23. The topological polar surface area (TPSA) is 29.3 Å². The van der Waals surface area contributed by atoms with E-state index in [2.05, 4.69) is 37.8 Å². The molecule has 0 saturated heterocycles. The predicted octanol–water partition coefficient (Wildman–Crippen LogP) is 4.20. The summed E-state index contributed by atoms with van der Waals surface area (Å²) in [7, 11) is 0. The molecule has 0 spiro atoms. The van der Waals surface area contributed by atoms with Crippen molar-refractivity contribution in [3.8, 4) is 0 Å². The van der Waals surface area contributed by atoms with Crippen LogP contribution >= 0.6 is 0 Å². The highest BCUT2D eigenvalue weighted by Gasteiger charge is 2.28. The fraction of sp³-hybridized carbons (Fsp3) is 0.667. The number of nitrogen functional groups attached to an aromatic ring is 1. The monoisotopic (exact) mass is 274 g/mol. The molecule has 0 aromatic heterocycles. The van der Waals surface area contributed by atoms with Gasteiger partial charge in [-0.2, -0.15) is 0 Å². The highest BCUT2D eigenvalue weighted by atomic mass is 15.2. The quantitative estimate of drug-likeness (QED) is 0.815. The molecule has 0 heterocycles. The molecule has 1 aromatic carbocycles. The average molecular weight is 274 g/mol. The maximum absolute atomic E-state index is 5.80. The molecule has 0 amide bonds. The lowest BCUT2D eigenvalue weighted by Crippen LogP contribution is -2.44. The van der Waals surface area contributed by atoms with Gasteiger partial charge in [0.1, 0.15) is 0 Å². The Kier molecular flexibility index (Phi) is 5.09. The van der Waals surface area contributed by atoms with Crippen LogP contribution in [0.15, 0.2) is 24.3 Å². The summed E-state index contributed by atoms with van der Waals surface area (Å²) >= 11 is 0. The second-order valence-corrected chi connectivity index (χ2v) is 6.86. The van der Waals surface area contributed by atoms with E-state index in [4.69, 9.17) is 5.73 Å². The van der Waals surface area contributed by atoms with Gasteiger partial charge in [0.25, 0.3) is 0 Å². The van der Waals surface area contributed by atoms with Gasteiger partial charge in [-0.3, -0.25) is 4.90 Å². The van der Waals surface area contributed by atoms with Crippen molar-refractivity contribution in [2.24, 2.45) is 0 Å². The van der Waals surface area contributed by atoms with Gasteiger partial charge >= 0.3 is 0 Å². The van der Waals surface area contributed by atoms with Crippen LogP contribution in [0, 0.1) is 0 Å². The van der Waals surface area contributed by atoms with E-state index in [0.29, 0.717) is 0 Å². The predicted molar refractivity (Wildman–Crippen MR) is 88.0 cm³/mol. The summed E-state index contributed by atoms with van der Waals surface area (Å²) in [4.78, 5) is 2.69. The van der Waals surface area contributed by atoms with Crippen molar-refractivity contribution in [1.82, 2.24) is 4.90 Å². The third-order valence-corrected chi connectivity index (χ3v) is 4.79. The number of anilines is 1. The number of rotatable bonds is 5. The SMILES string of the molecule is CCN(CC(C)(C)c1ccc(N)cc1)C1CCCCC1. The molecule has 1 aliphatic carbocycles. The molecule has 20 heavy (non-hydrogen) atoms. The van der Waals surface area contributed by atoms with Gasteiger partial charge in [0.15, 0.2) is 0 Å². The molecule has 1 saturated carbocycles. The molecule has 1 aliphatic rings. The zero-order chi connectivity index (χ0) is 14.6. The Bertz CT molecular complexity index is 402. The van der Waals surface area contributed by atoms with Gasteiger partial charge in [0.05, 0.1) is 0 Å². The summed E-state index contributed by atoms with van der Waals surface area (Å²) in [6, 6.07) is 9.21. The number of likely N-dealkylation sites (N-methyl/N-ethyl adjacent to an activating group) is 1. The van der Waals surface area contributed by atoms with Crippen LogP contribution in [0.2, 0.25) is 0 Å². The maximum atomic E-state index is 5.80. The molecule has 0 radical (unpaired) electrons. The molecule has 1 fully saturated rings. The van der Waals surface area contributed by atoms with E-state index in [9.17, 15) is 0 Å². The number of nitrogens with zero attached hydrogens (tertiary/aromatic N) is 1. The second-order valence-electron chi connectivity index (χ2n) is 6.86. The summed E-state index contributed by atoms with van der Waals surface area (Å²) in [6.45, 7) is 9.29. The van der Waals surface area contributed by atoms with Gasteiger partial charge in [0, 0.05) is 23.7 Å². The second kappa shape index (κ2) is 6.62. The smallest absolute Gasteiger partial charge is 0.0314 e. The van der Waals surface area contributed by atoms with Crippen molar-refractivity contribution in [2.75, 3.05) is 18.8 Å². The van der Waals surface area contributed by atoms with Crippen molar-refractivity contribution in [3.05, 3.63) is 29.8 Å². The van der Waals surface area contributed by atoms with E-state index in [-0.39, 0.29) is 5.41 Å². The minimum atomic E-state index is 0.182. The Morgan fingerprint density at radius 2 is 1.70 bits per heavy atom. The molecule has 2 rings (SSSR count). The Hall–Kier alpha value is -1.02. The standard InChI is InChI=1S/C18H30N2/c1-4-20(17-8-6-5-7-9-17)14-18(2,3)15-10-12-16(19)13-11-15/h10-13,17H,4-9,14,19H2,1-3H3. The summed E-state index contributed by atoms with van der Waals surface area (Å²) < 4.78 is 0. The number of benzene rings is 1. The molecule has 112 valence electrons. The Morgan fingerprint density at radius 1 is 1.10 bits per heavy atom. The molecule has 0 aliphatic heterocycles. The van der Waals surface area contributed by atoms with Crippen LogP contribution in [0.25, 0.3) is 0 Å². The van der Waals surface area contributed by atoms with Crippen molar-refractivity contribution in [2.45, 2.75) is 64.3 Å². The lowest BCUT2D eigenvalue weighted by atomic mass is 9.82. The van der Waals surface area contributed by atoms with E-state index in [1.807, 2.05) is 12.1 Å². The van der Waals surface area contributed by atoms with Crippen LogP contribution in [-0.2, 0) is 5.41 Å². The molecule has 0 atom stereocenters. The lowest BCUT2D eigenvalue weighted by Gasteiger charge is -2.39. The average Bonchev–Trinajstić information content (AvgIpc) is 2.46. The van der Waals surface area contributed by atoms with Crippen LogP contribution < -0.4 is 5.73 Å². The summed E-state index contributed by atoms with van der Waals surface area (Å²) in [6.07, 6.45) is 7.00. The number of hydrogen-bond acceptors (Lipinski definition) is 2. The first-order valence-electron chi connectivity index (χ1n) is 8.13. The number of hydrogen-bond donors (Lipinski definition) is 1. The minimum absolute atomic E-state index is 0.182. The Morgan fingerprint density at radius 3 is 2.25 bits per heavy atom. The van der Waals surface area contributed by atoms with Crippen LogP contribution in [0.4, 0.5) is 5.69 Å². The van der Waals surface area contributed by atoms with Gasteiger partial charge in [-0.15, -0.1) is 0 Å². The Balaban J connectivity index is 2.06. The first-order valence-corrected chi connectivity index (χ1v) is 8.13. The molecular weight excluding hydrogens is 244 g/mol. The summed E-state index contributed by atoms with van der Waals surface area (Å²) in [5, 5.41) is 0. The molecule has 0 bridgehead atoms. The molecule has 2 heteroatoms. The highest BCUT2D eigenvalue weighted by molar-refractivity contribution is 5.41. The van der Waals surface area contributed by atoms with Crippen molar-refractivity contribution in [1.29, 1.82) is 0 Å². The normalized spacial score (nSPS) is 17.6. The molecule has 0 unspecified atom stereocenters. The van der Waals surface area contributed by atoms with Crippen LogP contribution in [-0.4, -0.2) is 24.0 Å². The molecule has 1 aromatic rings. The van der Waals surface area contributed by atoms with E-state index < -0.39 is 0 Å². The summed E-state index contributed by atoms with van der Waals surface area (Å²) in [5.74, 6) is 0. The fourth-order valence-corrected chi connectivity index (χ4v) is 3.48. The third-order valence-electron chi connectivity index (χ3n) is 4.79. The highest BCUT2D eigenvalue weighted by Crippen LogP contribution is 2.29. The van der Waals surface area contributed by atoms with Gasteiger partial charge in [-0.1, -0.05) is 52.2 Å².